The molecule has 1 aliphatic rings. The van der Waals surface area contributed by atoms with E-state index in [1.165, 1.54) is 7.11 Å². The number of amides is 1. The van der Waals surface area contributed by atoms with Gasteiger partial charge in [0.2, 0.25) is 11.5 Å². The largest absolute Gasteiger partial charge is 0.468 e. The fourth-order valence-electron chi connectivity index (χ4n) is 1.85. The van der Waals surface area contributed by atoms with Crippen LogP contribution in [0.3, 0.4) is 0 Å². The predicted molar refractivity (Wildman–Crippen MR) is 63.1 cm³/mol. The molecule has 1 fully saturated rings. The van der Waals surface area contributed by atoms with Crippen molar-refractivity contribution in [2.75, 3.05) is 45.6 Å². The van der Waals surface area contributed by atoms with E-state index in [9.17, 15) is 9.59 Å². The van der Waals surface area contributed by atoms with Crippen LogP contribution >= 0.6 is 0 Å². The van der Waals surface area contributed by atoms with E-state index < -0.39 is 0 Å². The van der Waals surface area contributed by atoms with E-state index >= 15 is 0 Å². The Kier molecular flexibility index (Phi) is 3.95. The number of piperazine rings is 1. The van der Waals surface area contributed by atoms with Crippen LogP contribution in [-0.2, 0) is 9.53 Å². The molecule has 1 aromatic heterocycles. The summed E-state index contributed by atoms with van der Waals surface area (Å²) in [6.07, 6.45) is 0. The summed E-state index contributed by atoms with van der Waals surface area (Å²) in [5.74, 6) is -0.608. The van der Waals surface area contributed by atoms with Crippen LogP contribution in [0.15, 0.2) is 4.63 Å². The Bertz CT molecular complexity index is 466. The molecule has 0 aromatic carbocycles. The molecule has 2 heterocycles. The van der Waals surface area contributed by atoms with Crippen LogP contribution in [0, 0.1) is 0 Å². The van der Waals surface area contributed by atoms with Crippen molar-refractivity contribution >= 4 is 17.7 Å². The van der Waals surface area contributed by atoms with Crippen molar-refractivity contribution in [3.8, 4) is 0 Å². The van der Waals surface area contributed by atoms with E-state index in [4.69, 9.17) is 5.73 Å². The highest BCUT2D eigenvalue weighted by molar-refractivity contribution is 5.96. The van der Waals surface area contributed by atoms with Crippen molar-refractivity contribution < 1.29 is 19.0 Å². The molecule has 1 amide bonds. The van der Waals surface area contributed by atoms with E-state index in [1.807, 2.05) is 4.90 Å². The first-order valence-corrected chi connectivity index (χ1v) is 5.78. The first kappa shape index (κ1) is 13.3. The minimum Gasteiger partial charge on any atom is -0.468 e. The van der Waals surface area contributed by atoms with Gasteiger partial charge in [-0.3, -0.25) is 14.5 Å². The second-order valence-electron chi connectivity index (χ2n) is 4.14. The van der Waals surface area contributed by atoms with Crippen molar-refractivity contribution in [2.45, 2.75) is 0 Å². The average Bonchev–Trinajstić information content (AvgIpc) is 2.85. The molecule has 1 aliphatic heterocycles. The second-order valence-corrected chi connectivity index (χ2v) is 4.14. The fourth-order valence-corrected chi connectivity index (χ4v) is 1.85. The number of anilines is 1. The lowest BCUT2D eigenvalue weighted by Gasteiger charge is -2.33. The van der Waals surface area contributed by atoms with Crippen LogP contribution < -0.4 is 5.73 Å². The number of nitrogens with zero attached hydrogens (tertiary/aromatic N) is 4. The molecule has 0 spiro atoms. The third kappa shape index (κ3) is 2.99. The zero-order valence-corrected chi connectivity index (χ0v) is 10.5. The van der Waals surface area contributed by atoms with Crippen molar-refractivity contribution in [3.05, 3.63) is 5.69 Å². The van der Waals surface area contributed by atoms with Gasteiger partial charge in [-0.05, 0) is 10.3 Å². The summed E-state index contributed by atoms with van der Waals surface area (Å²) in [7, 11) is 1.35. The molecule has 0 aliphatic carbocycles. The Morgan fingerprint density at radius 3 is 2.53 bits per heavy atom. The molecule has 0 saturated carbocycles. The number of hydrogen-bond acceptors (Lipinski definition) is 8. The quantitative estimate of drug-likeness (QED) is 0.665. The lowest BCUT2D eigenvalue weighted by molar-refractivity contribution is -0.142. The number of rotatable bonds is 3. The Labute approximate surface area is 109 Å². The summed E-state index contributed by atoms with van der Waals surface area (Å²) in [6.45, 7) is 2.38. The lowest BCUT2D eigenvalue weighted by atomic mass is 10.2. The number of nitrogens with two attached hydrogens (primary N) is 1. The molecule has 1 saturated heterocycles. The number of methoxy groups -OCH3 is 1. The van der Waals surface area contributed by atoms with Gasteiger partial charge < -0.3 is 15.4 Å². The highest BCUT2D eigenvalue weighted by Crippen LogP contribution is 2.11. The van der Waals surface area contributed by atoms with Gasteiger partial charge in [0.25, 0.3) is 5.91 Å². The maximum atomic E-state index is 12.0. The standard InChI is InChI=1S/C10H15N5O4/c1-18-7(16)6-14-2-4-15(5-3-14)10(17)8-9(11)13-19-12-8/h2-6H2,1H3,(H2,11,13). The minimum atomic E-state index is -0.309. The van der Waals surface area contributed by atoms with Crippen LogP contribution in [-0.4, -0.2) is 71.8 Å². The van der Waals surface area contributed by atoms with Crippen LogP contribution in [0.2, 0.25) is 0 Å². The Morgan fingerprint density at radius 1 is 1.32 bits per heavy atom. The Morgan fingerprint density at radius 2 is 2.00 bits per heavy atom. The molecular weight excluding hydrogens is 254 g/mol. The smallest absolute Gasteiger partial charge is 0.319 e. The highest BCUT2D eigenvalue weighted by Gasteiger charge is 2.27. The zero-order valence-electron chi connectivity index (χ0n) is 10.5. The molecule has 0 atom stereocenters. The minimum absolute atomic E-state index is 0.0120. The first-order valence-electron chi connectivity index (χ1n) is 5.78. The maximum Gasteiger partial charge on any atom is 0.319 e. The molecule has 0 bridgehead atoms. The Balaban J connectivity index is 1.88. The van der Waals surface area contributed by atoms with Crippen molar-refractivity contribution in [3.63, 3.8) is 0 Å². The van der Waals surface area contributed by atoms with Gasteiger partial charge in [0.15, 0.2) is 0 Å². The molecule has 9 heteroatoms. The molecule has 2 rings (SSSR count). The van der Waals surface area contributed by atoms with Crippen molar-refractivity contribution in [2.24, 2.45) is 0 Å². The number of nitrogen functional groups attached to an aromatic ring is 1. The number of hydrogen-bond donors (Lipinski definition) is 1. The van der Waals surface area contributed by atoms with Gasteiger partial charge in [-0.15, -0.1) is 0 Å². The fraction of sp³-hybridized carbons (Fsp3) is 0.600. The summed E-state index contributed by atoms with van der Waals surface area (Å²) in [4.78, 5) is 26.7. The lowest BCUT2D eigenvalue weighted by Crippen LogP contribution is -2.50. The molecule has 104 valence electrons. The number of aromatic nitrogens is 2. The van der Waals surface area contributed by atoms with Gasteiger partial charge >= 0.3 is 5.97 Å². The van der Waals surface area contributed by atoms with Gasteiger partial charge in [-0.25, -0.2) is 4.63 Å². The van der Waals surface area contributed by atoms with Crippen LogP contribution in [0.1, 0.15) is 10.5 Å². The maximum absolute atomic E-state index is 12.0. The molecule has 1 aromatic rings. The summed E-state index contributed by atoms with van der Waals surface area (Å²) < 4.78 is 8.99. The van der Waals surface area contributed by atoms with Crippen LogP contribution in [0.25, 0.3) is 0 Å². The normalized spacial score (nSPS) is 16.4. The predicted octanol–water partition coefficient (Wildman–Crippen LogP) is -1.42. The van der Waals surface area contributed by atoms with E-state index in [0.717, 1.165) is 0 Å². The molecule has 2 N–H and O–H groups in total. The summed E-state index contributed by atoms with van der Waals surface area (Å²) in [6, 6.07) is 0. The molecule has 0 radical (unpaired) electrons. The van der Waals surface area contributed by atoms with Gasteiger partial charge in [0.05, 0.1) is 13.7 Å². The van der Waals surface area contributed by atoms with Gasteiger partial charge in [-0.1, -0.05) is 0 Å². The number of carbonyl (C=O) groups is 2. The van der Waals surface area contributed by atoms with E-state index in [2.05, 4.69) is 19.7 Å². The molecule has 19 heavy (non-hydrogen) atoms. The van der Waals surface area contributed by atoms with Gasteiger partial charge in [-0.2, -0.15) is 0 Å². The summed E-state index contributed by atoms with van der Waals surface area (Å²) in [5.41, 5.74) is 5.50. The second kappa shape index (κ2) is 5.65. The summed E-state index contributed by atoms with van der Waals surface area (Å²) >= 11 is 0. The van der Waals surface area contributed by atoms with E-state index in [1.54, 1.807) is 4.90 Å². The molecular formula is C10H15N5O4. The van der Waals surface area contributed by atoms with E-state index in [-0.39, 0.29) is 29.9 Å². The monoisotopic (exact) mass is 269 g/mol. The zero-order chi connectivity index (χ0) is 13.8. The Hall–Kier alpha value is -2.16. The SMILES string of the molecule is COC(=O)CN1CCN(C(=O)c2nonc2N)CC1. The number of esters is 1. The van der Waals surface area contributed by atoms with Gasteiger partial charge in [0.1, 0.15) is 0 Å². The van der Waals surface area contributed by atoms with Crippen molar-refractivity contribution in [1.82, 2.24) is 20.1 Å². The summed E-state index contributed by atoms with van der Waals surface area (Å²) in [5, 5.41) is 6.85. The third-order valence-electron chi connectivity index (χ3n) is 2.96. The number of carbonyl (C=O) groups excluding carboxylic acids is 2. The first-order chi connectivity index (χ1) is 9.11. The van der Waals surface area contributed by atoms with Crippen LogP contribution in [0.4, 0.5) is 5.82 Å². The average molecular weight is 269 g/mol. The topological polar surface area (TPSA) is 115 Å². The molecule has 0 unspecified atom stereocenters. The number of ether oxygens (including phenoxy) is 1. The third-order valence-corrected chi connectivity index (χ3v) is 2.96. The van der Waals surface area contributed by atoms with E-state index in [0.29, 0.717) is 26.2 Å². The van der Waals surface area contributed by atoms with Gasteiger partial charge in [0, 0.05) is 26.2 Å². The highest BCUT2D eigenvalue weighted by atomic mass is 16.6. The van der Waals surface area contributed by atoms with Crippen molar-refractivity contribution in [1.29, 1.82) is 0 Å². The van der Waals surface area contributed by atoms with Crippen LogP contribution in [0.5, 0.6) is 0 Å². The molecule has 9 nitrogen and oxygen atoms in total.